The van der Waals surface area contributed by atoms with Crippen molar-refractivity contribution in [3.05, 3.63) is 24.0 Å². The number of nitrogens with zero attached hydrogens (tertiary/aromatic N) is 1. The Kier molecular flexibility index (Phi) is 4.51. The van der Waals surface area contributed by atoms with Gasteiger partial charge in [-0.25, -0.2) is 8.78 Å². The van der Waals surface area contributed by atoms with Gasteiger partial charge in [-0.15, -0.1) is 0 Å². The summed E-state index contributed by atoms with van der Waals surface area (Å²) in [7, 11) is 0. The van der Waals surface area contributed by atoms with Crippen LogP contribution in [0, 0.1) is 0 Å². The van der Waals surface area contributed by atoms with Gasteiger partial charge in [0.2, 0.25) is 0 Å². The quantitative estimate of drug-likeness (QED) is 0.800. The Bertz CT molecular complexity index is 321. The fourth-order valence-corrected chi connectivity index (χ4v) is 0.956. The second kappa shape index (κ2) is 5.66. The second-order valence-corrected chi connectivity index (χ2v) is 3.01. The van der Waals surface area contributed by atoms with Gasteiger partial charge in [0.15, 0.2) is 0 Å². The van der Waals surface area contributed by atoms with Crippen LogP contribution in [0.3, 0.4) is 0 Å². The van der Waals surface area contributed by atoms with Crippen LogP contribution >= 0.6 is 0 Å². The first-order chi connectivity index (χ1) is 7.54. The van der Waals surface area contributed by atoms with E-state index in [0.29, 0.717) is 5.69 Å². The van der Waals surface area contributed by atoms with Gasteiger partial charge in [-0.05, 0) is 12.1 Å². The maximum Gasteiger partial charge on any atom is 0.304 e. The lowest BCUT2D eigenvalue weighted by Gasteiger charge is -2.11. The molecule has 4 nitrogen and oxygen atoms in total. The minimum Gasteiger partial charge on any atom is -0.453 e. The van der Waals surface area contributed by atoms with Gasteiger partial charge in [0, 0.05) is 0 Å². The normalized spacial score (nSPS) is 14.9. The van der Waals surface area contributed by atoms with Gasteiger partial charge in [0.25, 0.3) is 6.36 Å². The predicted octanol–water partition coefficient (Wildman–Crippen LogP) is 1.01. The third kappa shape index (κ3) is 3.35. The molecule has 1 aromatic rings. The summed E-state index contributed by atoms with van der Waals surface area (Å²) < 4.78 is 40.3. The highest BCUT2D eigenvalue weighted by atomic mass is 19.3. The summed E-state index contributed by atoms with van der Waals surface area (Å²) in [5.41, 5.74) is 5.81. The molecule has 0 saturated heterocycles. The highest BCUT2D eigenvalue weighted by molar-refractivity contribution is 5.21. The van der Waals surface area contributed by atoms with Gasteiger partial charge in [0.05, 0.1) is 24.5 Å². The molecule has 0 radical (unpaired) electrons. The average Bonchev–Trinajstić information content (AvgIpc) is 2.28. The highest BCUT2D eigenvalue weighted by Gasteiger charge is 2.20. The van der Waals surface area contributed by atoms with Crippen molar-refractivity contribution >= 4 is 0 Å². The Balaban J connectivity index is 2.64. The Morgan fingerprint density at radius 1 is 1.38 bits per heavy atom. The van der Waals surface area contributed by atoms with Crippen LogP contribution in [0.1, 0.15) is 11.7 Å². The molecule has 0 spiro atoms. The smallest absolute Gasteiger partial charge is 0.304 e. The van der Waals surface area contributed by atoms with E-state index in [-0.39, 0.29) is 12.4 Å². The standard InChI is InChI=1S/C9H11F3N2O2/c10-8(11)9(12)16-5-1-2-7(14-3-5)6(13)4-15/h1-3,6,8-9,15H,4,13H2/t6-,9?/m1/s1. The molecule has 1 rings (SSSR count). The Morgan fingerprint density at radius 3 is 2.50 bits per heavy atom. The number of nitrogens with two attached hydrogens (primary N) is 1. The SMILES string of the molecule is N[C@H](CO)c1ccc(OC(F)C(F)F)cn1. The van der Waals surface area contributed by atoms with Crippen molar-refractivity contribution in [2.75, 3.05) is 6.61 Å². The number of aromatic nitrogens is 1. The van der Waals surface area contributed by atoms with Gasteiger partial charge in [0.1, 0.15) is 5.75 Å². The van der Waals surface area contributed by atoms with E-state index in [2.05, 4.69) is 9.72 Å². The van der Waals surface area contributed by atoms with Crippen LogP contribution in [0.5, 0.6) is 5.75 Å². The molecule has 0 bridgehead atoms. The van der Waals surface area contributed by atoms with Crippen molar-refractivity contribution in [1.82, 2.24) is 4.98 Å². The van der Waals surface area contributed by atoms with Crippen LogP contribution < -0.4 is 10.5 Å². The van der Waals surface area contributed by atoms with Crippen LogP contribution in [-0.2, 0) is 0 Å². The largest absolute Gasteiger partial charge is 0.453 e. The van der Waals surface area contributed by atoms with E-state index in [9.17, 15) is 13.2 Å². The molecule has 1 heterocycles. The fraction of sp³-hybridized carbons (Fsp3) is 0.444. The Hall–Kier alpha value is -1.34. The second-order valence-electron chi connectivity index (χ2n) is 3.01. The fourth-order valence-electron chi connectivity index (χ4n) is 0.956. The summed E-state index contributed by atoms with van der Waals surface area (Å²) >= 11 is 0. The van der Waals surface area contributed by atoms with Crippen molar-refractivity contribution in [3.8, 4) is 5.75 Å². The third-order valence-electron chi connectivity index (χ3n) is 1.78. The maximum atomic E-state index is 12.5. The minimum absolute atomic E-state index is 0.123. The number of hydrogen-bond donors (Lipinski definition) is 2. The van der Waals surface area contributed by atoms with Gasteiger partial charge < -0.3 is 15.6 Å². The van der Waals surface area contributed by atoms with E-state index < -0.39 is 18.8 Å². The topological polar surface area (TPSA) is 68.4 Å². The molecule has 0 aromatic carbocycles. The van der Waals surface area contributed by atoms with E-state index in [0.717, 1.165) is 6.20 Å². The number of aliphatic hydroxyl groups is 1. The lowest BCUT2D eigenvalue weighted by Crippen LogP contribution is -2.20. The molecular weight excluding hydrogens is 225 g/mol. The molecule has 0 aliphatic heterocycles. The van der Waals surface area contributed by atoms with Gasteiger partial charge in [-0.3, -0.25) is 4.98 Å². The van der Waals surface area contributed by atoms with E-state index in [4.69, 9.17) is 10.8 Å². The lowest BCUT2D eigenvalue weighted by molar-refractivity contribution is -0.0670. The van der Waals surface area contributed by atoms with Crippen LogP contribution in [0.25, 0.3) is 0 Å². The Morgan fingerprint density at radius 2 is 2.06 bits per heavy atom. The summed E-state index contributed by atoms with van der Waals surface area (Å²) in [5.74, 6) is -0.123. The van der Waals surface area contributed by atoms with E-state index in [1.165, 1.54) is 12.1 Å². The van der Waals surface area contributed by atoms with Gasteiger partial charge in [-0.1, -0.05) is 0 Å². The van der Waals surface area contributed by atoms with E-state index >= 15 is 0 Å². The summed E-state index contributed by atoms with van der Waals surface area (Å²) in [6, 6.07) is 1.96. The molecule has 0 aliphatic carbocycles. The zero-order chi connectivity index (χ0) is 12.1. The molecule has 0 fully saturated rings. The lowest BCUT2D eigenvalue weighted by atomic mass is 10.2. The van der Waals surface area contributed by atoms with Gasteiger partial charge in [-0.2, -0.15) is 4.39 Å². The number of ether oxygens (including phenoxy) is 1. The predicted molar refractivity (Wildman–Crippen MR) is 49.8 cm³/mol. The summed E-state index contributed by atoms with van der Waals surface area (Å²) in [6.45, 7) is -0.296. The zero-order valence-electron chi connectivity index (χ0n) is 8.19. The molecule has 3 N–H and O–H groups in total. The number of pyridine rings is 1. The van der Waals surface area contributed by atoms with Crippen LogP contribution in [0.4, 0.5) is 13.2 Å². The number of rotatable bonds is 5. The average molecular weight is 236 g/mol. The molecule has 1 unspecified atom stereocenters. The van der Waals surface area contributed by atoms with Crippen molar-refractivity contribution in [3.63, 3.8) is 0 Å². The number of aliphatic hydroxyl groups excluding tert-OH is 1. The Labute approximate surface area is 89.9 Å². The third-order valence-corrected chi connectivity index (χ3v) is 1.78. The van der Waals surface area contributed by atoms with E-state index in [1.807, 2.05) is 0 Å². The van der Waals surface area contributed by atoms with Crippen LogP contribution in [-0.4, -0.2) is 29.5 Å². The minimum atomic E-state index is -3.21. The first-order valence-electron chi connectivity index (χ1n) is 4.46. The molecule has 90 valence electrons. The monoisotopic (exact) mass is 236 g/mol. The van der Waals surface area contributed by atoms with Gasteiger partial charge >= 0.3 is 6.43 Å². The number of alkyl halides is 3. The first kappa shape index (κ1) is 12.7. The molecule has 2 atom stereocenters. The first-order valence-corrected chi connectivity index (χ1v) is 4.46. The summed E-state index contributed by atoms with van der Waals surface area (Å²) in [5, 5.41) is 8.72. The maximum absolute atomic E-state index is 12.5. The van der Waals surface area contributed by atoms with Crippen molar-refractivity contribution in [1.29, 1.82) is 0 Å². The zero-order valence-corrected chi connectivity index (χ0v) is 8.19. The molecule has 16 heavy (non-hydrogen) atoms. The molecule has 0 aliphatic rings. The van der Waals surface area contributed by atoms with E-state index in [1.54, 1.807) is 0 Å². The highest BCUT2D eigenvalue weighted by Crippen LogP contribution is 2.17. The molecule has 7 heteroatoms. The molecular formula is C9H11F3N2O2. The number of hydrogen-bond acceptors (Lipinski definition) is 4. The van der Waals surface area contributed by atoms with Crippen LogP contribution in [0.15, 0.2) is 18.3 Å². The molecule has 0 amide bonds. The van der Waals surface area contributed by atoms with Crippen LogP contribution in [0.2, 0.25) is 0 Å². The summed E-state index contributed by atoms with van der Waals surface area (Å²) in [6.07, 6.45) is -4.82. The number of halogens is 3. The molecule has 1 aromatic heterocycles. The van der Waals surface area contributed by atoms with Crippen molar-refractivity contribution in [2.45, 2.75) is 18.8 Å². The summed E-state index contributed by atoms with van der Waals surface area (Å²) in [4.78, 5) is 3.74. The molecule has 0 saturated carbocycles. The van der Waals surface area contributed by atoms with Crippen molar-refractivity contribution in [2.24, 2.45) is 5.73 Å². The van der Waals surface area contributed by atoms with Crippen molar-refractivity contribution < 1.29 is 23.0 Å².